The van der Waals surface area contributed by atoms with Crippen LogP contribution in [0.1, 0.15) is 18.4 Å². The van der Waals surface area contributed by atoms with Gasteiger partial charge in [-0.3, -0.25) is 4.79 Å². The zero-order chi connectivity index (χ0) is 19.2. The average molecular weight is 370 g/mol. The molecule has 1 fully saturated rings. The highest BCUT2D eigenvalue weighted by molar-refractivity contribution is 5.89. The number of carbonyl (C=O) groups excluding carboxylic acids is 2. The molecule has 0 aromatic heterocycles. The van der Waals surface area contributed by atoms with Crippen LogP contribution in [0.5, 0.6) is 0 Å². The van der Waals surface area contributed by atoms with Gasteiger partial charge in [-0.25, -0.2) is 9.18 Å². The van der Waals surface area contributed by atoms with Gasteiger partial charge < -0.3 is 21.3 Å². The van der Waals surface area contributed by atoms with Crippen molar-refractivity contribution in [3.63, 3.8) is 0 Å². The fourth-order valence-electron chi connectivity index (χ4n) is 3.16. The third kappa shape index (κ3) is 5.20. The third-order valence-corrected chi connectivity index (χ3v) is 4.68. The fraction of sp³-hybridized carbons (Fsp3) is 0.300. The first-order valence-electron chi connectivity index (χ1n) is 8.95. The minimum absolute atomic E-state index is 0.102. The quantitative estimate of drug-likeness (QED) is 0.756. The molecule has 6 nitrogen and oxygen atoms in total. The zero-order valence-corrected chi connectivity index (χ0v) is 15.0. The molecule has 27 heavy (non-hydrogen) atoms. The topological polar surface area (TPSA) is 87.5 Å². The highest BCUT2D eigenvalue weighted by Crippen LogP contribution is 2.23. The molecule has 142 valence electrons. The number of anilines is 2. The Labute approximate surface area is 157 Å². The Hall–Kier alpha value is -3.09. The van der Waals surface area contributed by atoms with E-state index in [2.05, 4.69) is 15.5 Å². The standard InChI is InChI=1S/C20H23FN4O2/c21-16-5-7-17(8-6-16)24-20(27)23-12-14-3-9-18(10-4-14)25-11-1-2-15(13-25)19(22)26/h3-10,15H,1-2,11-13H2,(H2,22,26)(H2,23,24,27)/t15-/m1/s1. The maximum absolute atomic E-state index is 12.9. The van der Waals surface area contributed by atoms with E-state index in [1.165, 1.54) is 24.3 Å². The number of piperidine rings is 1. The van der Waals surface area contributed by atoms with Crippen molar-refractivity contribution < 1.29 is 14.0 Å². The molecule has 2 aromatic carbocycles. The predicted molar refractivity (Wildman–Crippen MR) is 103 cm³/mol. The van der Waals surface area contributed by atoms with E-state index in [9.17, 15) is 14.0 Å². The minimum atomic E-state index is -0.356. The molecule has 1 aliphatic heterocycles. The first kappa shape index (κ1) is 18.7. The highest BCUT2D eigenvalue weighted by atomic mass is 19.1. The summed E-state index contributed by atoms with van der Waals surface area (Å²) in [5.74, 6) is -0.695. The Balaban J connectivity index is 1.51. The van der Waals surface area contributed by atoms with E-state index in [0.717, 1.165) is 30.6 Å². The van der Waals surface area contributed by atoms with E-state index in [1.807, 2.05) is 24.3 Å². The van der Waals surface area contributed by atoms with Gasteiger partial charge in [0, 0.05) is 31.0 Å². The van der Waals surface area contributed by atoms with Crippen LogP contribution in [0.2, 0.25) is 0 Å². The lowest BCUT2D eigenvalue weighted by Gasteiger charge is -2.33. The molecule has 7 heteroatoms. The molecule has 4 N–H and O–H groups in total. The lowest BCUT2D eigenvalue weighted by atomic mass is 9.97. The first-order valence-corrected chi connectivity index (χ1v) is 8.95. The van der Waals surface area contributed by atoms with Crippen molar-refractivity contribution in [1.29, 1.82) is 0 Å². The van der Waals surface area contributed by atoms with Crippen LogP contribution in [0.4, 0.5) is 20.6 Å². The van der Waals surface area contributed by atoms with E-state index >= 15 is 0 Å². The Kier molecular flexibility index (Phi) is 5.90. The number of primary amides is 1. The summed E-state index contributed by atoms with van der Waals surface area (Å²) in [6.07, 6.45) is 1.79. The number of carbonyl (C=O) groups is 2. The Morgan fingerprint density at radius 2 is 1.81 bits per heavy atom. The van der Waals surface area contributed by atoms with Gasteiger partial charge >= 0.3 is 6.03 Å². The molecular weight excluding hydrogens is 347 g/mol. The molecule has 1 heterocycles. The Morgan fingerprint density at radius 1 is 1.11 bits per heavy atom. The number of halogens is 1. The van der Waals surface area contributed by atoms with E-state index < -0.39 is 0 Å². The van der Waals surface area contributed by atoms with E-state index in [-0.39, 0.29) is 23.7 Å². The van der Waals surface area contributed by atoms with Crippen LogP contribution >= 0.6 is 0 Å². The highest BCUT2D eigenvalue weighted by Gasteiger charge is 2.23. The van der Waals surface area contributed by atoms with Gasteiger partial charge in [0.2, 0.25) is 5.91 Å². The van der Waals surface area contributed by atoms with Gasteiger partial charge in [-0.15, -0.1) is 0 Å². The molecule has 3 rings (SSSR count). The normalized spacial score (nSPS) is 16.6. The lowest BCUT2D eigenvalue weighted by Crippen LogP contribution is -2.41. The van der Waals surface area contributed by atoms with Crippen molar-refractivity contribution in [2.45, 2.75) is 19.4 Å². The summed E-state index contributed by atoms with van der Waals surface area (Å²) in [6.45, 7) is 1.92. The van der Waals surface area contributed by atoms with Gasteiger partial charge in [-0.1, -0.05) is 12.1 Å². The molecule has 1 aliphatic rings. The van der Waals surface area contributed by atoms with Crippen LogP contribution in [-0.4, -0.2) is 25.0 Å². The van der Waals surface area contributed by atoms with Crippen molar-refractivity contribution in [2.75, 3.05) is 23.3 Å². The molecule has 0 radical (unpaired) electrons. The van der Waals surface area contributed by atoms with Crippen LogP contribution in [0.15, 0.2) is 48.5 Å². The third-order valence-electron chi connectivity index (χ3n) is 4.68. The zero-order valence-electron chi connectivity index (χ0n) is 15.0. The van der Waals surface area contributed by atoms with E-state index in [4.69, 9.17) is 5.73 Å². The van der Waals surface area contributed by atoms with Crippen LogP contribution in [0, 0.1) is 11.7 Å². The first-order chi connectivity index (χ1) is 13.0. The molecule has 2 aromatic rings. The number of rotatable bonds is 5. The maximum Gasteiger partial charge on any atom is 0.319 e. The largest absolute Gasteiger partial charge is 0.371 e. The maximum atomic E-state index is 12.9. The number of urea groups is 1. The van der Waals surface area contributed by atoms with Crippen molar-refractivity contribution >= 4 is 23.3 Å². The Bertz CT molecular complexity index is 793. The van der Waals surface area contributed by atoms with E-state index in [1.54, 1.807) is 0 Å². The molecule has 0 unspecified atom stereocenters. The summed E-state index contributed by atoms with van der Waals surface area (Å²) < 4.78 is 12.9. The number of nitrogens with one attached hydrogen (secondary N) is 2. The summed E-state index contributed by atoms with van der Waals surface area (Å²) in [7, 11) is 0. The molecular formula is C20H23FN4O2. The van der Waals surface area contributed by atoms with Crippen LogP contribution < -0.4 is 21.3 Å². The second-order valence-electron chi connectivity index (χ2n) is 6.67. The summed E-state index contributed by atoms with van der Waals surface area (Å²) in [5.41, 5.74) is 7.96. The summed E-state index contributed by atoms with van der Waals surface area (Å²) in [4.78, 5) is 25.5. The molecule has 0 aliphatic carbocycles. The Morgan fingerprint density at radius 3 is 2.48 bits per heavy atom. The molecule has 0 saturated carbocycles. The summed E-state index contributed by atoms with van der Waals surface area (Å²) in [6, 6.07) is 13.1. The van der Waals surface area contributed by atoms with Crippen molar-refractivity contribution in [3.05, 3.63) is 59.9 Å². The molecule has 1 atom stereocenters. The van der Waals surface area contributed by atoms with Gasteiger partial charge in [0.25, 0.3) is 0 Å². The second-order valence-corrected chi connectivity index (χ2v) is 6.67. The van der Waals surface area contributed by atoms with Crippen LogP contribution in [-0.2, 0) is 11.3 Å². The SMILES string of the molecule is NC(=O)[C@@H]1CCCN(c2ccc(CNC(=O)Nc3ccc(F)cc3)cc2)C1. The van der Waals surface area contributed by atoms with Gasteiger partial charge in [0.15, 0.2) is 0 Å². The second kappa shape index (κ2) is 8.53. The number of benzene rings is 2. The molecule has 3 amide bonds. The fourth-order valence-corrected chi connectivity index (χ4v) is 3.16. The number of nitrogens with two attached hydrogens (primary N) is 1. The lowest BCUT2D eigenvalue weighted by molar-refractivity contribution is -0.122. The summed E-state index contributed by atoms with van der Waals surface area (Å²) >= 11 is 0. The number of nitrogens with zero attached hydrogens (tertiary/aromatic N) is 1. The van der Waals surface area contributed by atoms with Crippen LogP contribution in [0.25, 0.3) is 0 Å². The van der Waals surface area contributed by atoms with Crippen molar-refractivity contribution in [2.24, 2.45) is 11.7 Å². The summed E-state index contributed by atoms with van der Waals surface area (Å²) in [5, 5.41) is 5.41. The van der Waals surface area contributed by atoms with Crippen LogP contribution in [0.3, 0.4) is 0 Å². The average Bonchev–Trinajstić information content (AvgIpc) is 2.69. The number of hydrogen-bond acceptors (Lipinski definition) is 3. The minimum Gasteiger partial charge on any atom is -0.371 e. The smallest absolute Gasteiger partial charge is 0.319 e. The number of hydrogen-bond donors (Lipinski definition) is 3. The predicted octanol–water partition coefficient (Wildman–Crippen LogP) is 2.85. The molecule has 0 bridgehead atoms. The van der Waals surface area contributed by atoms with Gasteiger partial charge in [-0.05, 0) is 54.8 Å². The van der Waals surface area contributed by atoms with E-state index in [0.29, 0.717) is 18.8 Å². The van der Waals surface area contributed by atoms with Crippen molar-refractivity contribution in [1.82, 2.24) is 5.32 Å². The van der Waals surface area contributed by atoms with Gasteiger partial charge in [0.1, 0.15) is 5.82 Å². The monoisotopic (exact) mass is 370 g/mol. The van der Waals surface area contributed by atoms with Gasteiger partial charge in [-0.2, -0.15) is 0 Å². The van der Waals surface area contributed by atoms with Crippen molar-refractivity contribution in [3.8, 4) is 0 Å². The molecule has 0 spiro atoms. The molecule has 1 saturated heterocycles. The number of amides is 3. The van der Waals surface area contributed by atoms with Gasteiger partial charge in [0.05, 0.1) is 5.92 Å².